The van der Waals surface area contributed by atoms with Gasteiger partial charge in [-0.25, -0.2) is 18.7 Å². The van der Waals surface area contributed by atoms with E-state index >= 15 is 0 Å². The van der Waals surface area contributed by atoms with Crippen molar-refractivity contribution in [3.63, 3.8) is 0 Å². The summed E-state index contributed by atoms with van der Waals surface area (Å²) in [6.07, 6.45) is 4.46. The third-order valence-corrected chi connectivity index (χ3v) is 8.94. The molecular weight excluding hydrogens is 505 g/mol. The summed E-state index contributed by atoms with van der Waals surface area (Å²) in [6.45, 7) is 0. The summed E-state index contributed by atoms with van der Waals surface area (Å²) in [4.78, 5) is 39.4. The van der Waals surface area contributed by atoms with Crippen LogP contribution < -0.4 is 16.0 Å². The fraction of sp³-hybridized carbons (Fsp3) is 0.280. The number of aryl methyl sites for hydroxylation is 1. The molecule has 0 amide bonds. The number of hydrogen-bond acceptors (Lipinski definition) is 6. The Bertz CT molecular complexity index is 1850. The Labute approximate surface area is 212 Å². The maximum absolute atomic E-state index is 14.2. The summed E-state index contributed by atoms with van der Waals surface area (Å²) >= 11 is 7.66. The highest BCUT2D eigenvalue weighted by Crippen LogP contribution is 2.69. The average molecular weight is 524 g/mol. The fourth-order valence-electron chi connectivity index (χ4n) is 5.87. The summed E-state index contributed by atoms with van der Waals surface area (Å²) in [6, 6.07) is 7.01. The van der Waals surface area contributed by atoms with Gasteiger partial charge in [-0.05, 0) is 43.5 Å². The number of alkyl halides is 1. The lowest BCUT2D eigenvalue weighted by molar-refractivity contribution is -0.163. The summed E-state index contributed by atoms with van der Waals surface area (Å²) < 4.78 is 22.9. The summed E-state index contributed by atoms with van der Waals surface area (Å²) in [5.74, 6) is 1.40. The SMILES string of the molecule is COc1ccc(Cl)c(-c2cc3[nH]c(=O)n(-c4cncc5nc(C67CC(F)(C6)C7)n(C)c45)c(=O)c3s2)c1. The Morgan fingerprint density at radius 1 is 1.19 bits per heavy atom. The lowest BCUT2D eigenvalue weighted by Gasteiger charge is -2.65. The van der Waals surface area contributed by atoms with Crippen molar-refractivity contribution in [2.24, 2.45) is 7.05 Å². The van der Waals surface area contributed by atoms with E-state index < -0.39 is 16.9 Å². The third kappa shape index (κ3) is 2.79. The molecule has 5 aromatic rings. The van der Waals surface area contributed by atoms with Crippen LogP contribution in [-0.4, -0.2) is 36.9 Å². The van der Waals surface area contributed by atoms with Crippen molar-refractivity contribution in [3.05, 3.63) is 68.3 Å². The van der Waals surface area contributed by atoms with Crippen molar-refractivity contribution < 1.29 is 9.13 Å². The summed E-state index contributed by atoms with van der Waals surface area (Å²) in [5, 5.41) is 0.505. The number of rotatable bonds is 4. The number of nitrogens with zero attached hydrogens (tertiary/aromatic N) is 4. The van der Waals surface area contributed by atoms with E-state index in [0.717, 1.165) is 15.3 Å². The minimum Gasteiger partial charge on any atom is -0.497 e. The molecule has 0 aliphatic heterocycles. The van der Waals surface area contributed by atoms with E-state index in [0.29, 0.717) is 62.5 Å². The standard InChI is InChI=1S/C25H19ClFN5O3S/c1-31-19-16(29-22(31)24-9-25(27,10-24)11-24)7-28-8-17(19)32-21(33)20-15(30-23(32)34)6-18(36-20)13-5-12(35-2)3-4-14(13)26/h3-8H,9-11H2,1-2H3,(H,30,34). The molecule has 1 N–H and O–H groups in total. The lowest BCUT2D eigenvalue weighted by Crippen LogP contribution is -2.67. The average Bonchev–Trinajstić information content (AvgIpc) is 3.38. The van der Waals surface area contributed by atoms with Gasteiger partial charge in [0.05, 0.1) is 36.2 Å². The van der Waals surface area contributed by atoms with Crippen LogP contribution >= 0.6 is 22.9 Å². The molecule has 182 valence electrons. The number of benzene rings is 1. The quantitative estimate of drug-likeness (QED) is 0.374. The van der Waals surface area contributed by atoms with E-state index in [2.05, 4.69) is 9.97 Å². The van der Waals surface area contributed by atoms with Crippen molar-refractivity contribution >= 4 is 44.2 Å². The van der Waals surface area contributed by atoms with E-state index in [9.17, 15) is 14.0 Å². The molecule has 4 aromatic heterocycles. The van der Waals surface area contributed by atoms with Gasteiger partial charge in [0, 0.05) is 27.9 Å². The van der Waals surface area contributed by atoms with Crippen LogP contribution in [0.4, 0.5) is 4.39 Å². The molecule has 2 bridgehead atoms. The smallest absolute Gasteiger partial charge is 0.333 e. The lowest BCUT2D eigenvalue weighted by atomic mass is 9.42. The molecule has 0 spiro atoms. The van der Waals surface area contributed by atoms with Crippen LogP contribution in [0.5, 0.6) is 5.75 Å². The third-order valence-electron chi connectivity index (χ3n) is 7.45. The number of H-pyrrole nitrogens is 1. The molecule has 0 atom stereocenters. The van der Waals surface area contributed by atoms with Gasteiger partial charge in [0.15, 0.2) is 0 Å². The molecule has 3 aliphatic rings. The van der Waals surface area contributed by atoms with E-state index in [-0.39, 0.29) is 5.41 Å². The van der Waals surface area contributed by atoms with Crippen LogP contribution in [0.1, 0.15) is 25.1 Å². The van der Waals surface area contributed by atoms with Gasteiger partial charge in [0.2, 0.25) is 0 Å². The van der Waals surface area contributed by atoms with Gasteiger partial charge in [0.1, 0.15) is 27.5 Å². The molecule has 0 radical (unpaired) electrons. The van der Waals surface area contributed by atoms with Crippen molar-refractivity contribution in [2.75, 3.05) is 7.11 Å². The Kier molecular flexibility index (Phi) is 4.26. The zero-order chi connectivity index (χ0) is 25.0. The van der Waals surface area contributed by atoms with Crippen LogP contribution in [0.2, 0.25) is 5.02 Å². The van der Waals surface area contributed by atoms with E-state index in [4.69, 9.17) is 21.3 Å². The molecule has 3 fully saturated rings. The number of aromatic amines is 1. The Hall–Kier alpha value is -3.50. The van der Waals surface area contributed by atoms with E-state index in [1.165, 1.54) is 17.5 Å². The van der Waals surface area contributed by atoms with E-state index in [1.807, 2.05) is 11.6 Å². The molecular formula is C25H19ClFN5O3S. The fourth-order valence-corrected chi connectivity index (χ4v) is 7.22. The van der Waals surface area contributed by atoms with Gasteiger partial charge in [-0.3, -0.25) is 9.78 Å². The highest BCUT2D eigenvalue weighted by molar-refractivity contribution is 7.22. The zero-order valence-corrected chi connectivity index (χ0v) is 20.8. The number of fused-ring (bicyclic) bond motifs is 2. The van der Waals surface area contributed by atoms with Crippen molar-refractivity contribution in [1.82, 2.24) is 24.1 Å². The second kappa shape index (κ2) is 7.04. The predicted octanol–water partition coefficient (Wildman–Crippen LogP) is 4.49. The zero-order valence-electron chi connectivity index (χ0n) is 19.3. The first kappa shape index (κ1) is 21.8. The van der Waals surface area contributed by atoms with Gasteiger partial charge in [0.25, 0.3) is 5.56 Å². The predicted molar refractivity (Wildman–Crippen MR) is 136 cm³/mol. The van der Waals surface area contributed by atoms with Crippen LogP contribution in [0.25, 0.3) is 37.4 Å². The Morgan fingerprint density at radius 2 is 1.97 bits per heavy atom. The second-order valence-electron chi connectivity index (χ2n) is 9.75. The van der Waals surface area contributed by atoms with Gasteiger partial charge in [-0.1, -0.05) is 11.6 Å². The molecule has 0 unspecified atom stereocenters. The molecule has 4 heterocycles. The number of aromatic nitrogens is 5. The number of pyridine rings is 1. The maximum Gasteiger partial charge on any atom is 0.333 e. The highest BCUT2D eigenvalue weighted by atomic mass is 35.5. The minimum atomic E-state index is -1.07. The molecule has 3 saturated carbocycles. The number of thiophene rings is 1. The molecule has 36 heavy (non-hydrogen) atoms. The van der Waals surface area contributed by atoms with Gasteiger partial charge >= 0.3 is 5.69 Å². The van der Waals surface area contributed by atoms with Crippen molar-refractivity contribution in [2.45, 2.75) is 30.3 Å². The highest BCUT2D eigenvalue weighted by Gasteiger charge is 2.71. The van der Waals surface area contributed by atoms with Gasteiger partial charge in [-0.15, -0.1) is 11.3 Å². The molecule has 11 heteroatoms. The summed E-state index contributed by atoms with van der Waals surface area (Å²) in [7, 11) is 3.40. The number of nitrogens with one attached hydrogen (secondary N) is 1. The Balaban J connectivity index is 1.42. The van der Waals surface area contributed by atoms with Crippen LogP contribution in [0.3, 0.4) is 0 Å². The van der Waals surface area contributed by atoms with Gasteiger partial charge < -0.3 is 14.3 Å². The van der Waals surface area contributed by atoms with Gasteiger partial charge in [-0.2, -0.15) is 0 Å². The number of methoxy groups -OCH3 is 1. The maximum atomic E-state index is 14.2. The first-order chi connectivity index (χ1) is 17.2. The van der Waals surface area contributed by atoms with Crippen LogP contribution in [0, 0.1) is 0 Å². The van der Waals surface area contributed by atoms with Crippen LogP contribution in [-0.2, 0) is 12.5 Å². The normalized spacial score (nSPS) is 22.6. The largest absolute Gasteiger partial charge is 0.497 e. The Morgan fingerprint density at radius 3 is 2.69 bits per heavy atom. The summed E-state index contributed by atoms with van der Waals surface area (Å²) in [5.41, 5.74) is 0.231. The first-order valence-corrected chi connectivity index (χ1v) is 12.5. The first-order valence-electron chi connectivity index (χ1n) is 11.3. The number of hydrogen-bond donors (Lipinski definition) is 1. The van der Waals surface area contributed by atoms with Crippen molar-refractivity contribution in [1.29, 1.82) is 0 Å². The molecule has 0 saturated heterocycles. The van der Waals surface area contributed by atoms with E-state index in [1.54, 1.807) is 37.6 Å². The van der Waals surface area contributed by atoms with Crippen LogP contribution in [0.15, 0.2) is 46.2 Å². The topological polar surface area (TPSA) is 94.8 Å². The monoisotopic (exact) mass is 523 g/mol. The van der Waals surface area contributed by atoms with Crippen molar-refractivity contribution in [3.8, 4) is 21.9 Å². The minimum absolute atomic E-state index is 0.278. The molecule has 8 rings (SSSR count). The second-order valence-corrected chi connectivity index (χ2v) is 11.2. The molecule has 8 nitrogen and oxygen atoms in total. The molecule has 1 aromatic carbocycles. The number of imidazole rings is 1. The number of halogens is 2. The number of ether oxygens (including phenoxy) is 1. The molecule has 3 aliphatic carbocycles.